The summed E-state index contributed by atoms with van der Waals surface area (Å²) >= 11 is 0. The van der Waals surface area contributed by atoms with E-state index in [0.29, 0.717) is 41.9 Å². The first-order valence-corrected chi connectivity index (χ1v) is 20.0. The Hall–Kier alpha value is -0.780. The molecule has 4 saturated heterocycles. The normalized spacial score (nSPS) is 57.5. The van der Waals surface area contributed by atoms with Gasteiger partial charge in [0.2, 0.25) is 0 Å². The fourth-order valence-corrected chi connectivity index (χ4v) is 12.6. The summed E-state index contributed by atoms with van der Waals surface area (Å²) < 4.78 is 37.0. The molecule has 3 saturated carbocycles. The molecule has 7 fully saturated rings. The van der Waals surface area contributed by atoms with Crippen LogP contribution in [0.1, 0.15) is 85.5 Å². The second-order valence-corrected chi connectivity index (χ2v) is 18.3. The van der Waals surface area contributed by atoms with Gasteiger partial charge in [-0.05, 0) is 91.8 Å². The fraction of sp³-hybridized carbons (Fsp3) is 0.949. The van der Waals surface area contributed by atoms with Gasteiger partial charge in [0, 0.05) is 12.3 Å². The largest absolute Gasteiger partial charge is 0.394 e. The van der Waals surface area contributed by atoms with Crippen molar-refractivity contribution in [2.75, 3.05) is 19.8 Å². The zero-order valence-electron chi connectivity index (χ0n) is 31.0. The van der Waals surface area contributed by atoms with Crippen molar-refractivity contribution >= 4 is 0 Å². The maximum absolute atomic E-state index is 11.4. The van der Waals surface area contributed by atoms with Crippen molar-refractivity contribution < 1.29 is 64.2 Å². The molecule has 52 heavy (non-hydrogen) atoms. The van der Waals surface area contributed by atoms with Crippen LogP contribution >= 0.6 is 0 Å². The van der Waals surface area contributed by atoms with Gasteiger partial charge in [-0.1, -0.05) is 39.3 Å². The van der Waals surface area contributed by atoms with Crippen molar-refractivity contribution in [1.82, 2.24) is 0 Å². The van der Waals surface area contributed by atoms with Gasteiger partial charge in [0.25, 0.3) is 0 Å². The second kappa shape index (κ2) is 14.0. The molecule has 13 nitrogen and oxygen atoms in total. The van der Waals surface area contributed by atoms with Gasteiger partial charge in [0.15, 0.2) is 18.4 Å². The molecule has 0 aromatic rings. The lowest BCUT2D eigenvalue weighted by Gasteiger charge is -2.58. The highest BCUT2D eigenvalue weighted by molar-refractivity contribution is 5.26. The molecule has 4 aliphatic carbocycles. The molecule has 0 amide bonds. The van der Waals surface area contributed by atoms with Crippen molar-refractivity contribution in [3.8, 4) is 0 Å². The summed E-state index contributed by atoms with van der Waals surface area (Å²) in [6.07, 6.45) is -3.23. The van der Waals surface area contributed by atoms with Gasteiger partial charge in [0.1, 0.15) is 48.8 Å². The SMILES string of the molecule is CC1CC[C@@]2(OC1)OC1CC3C4CC=C5CC(OC6OC(CO)C(O)C(OC7OC(CO)C(O)C(O)C7O)C6O)CC[C@]5(C)C4CC[C@]3(C)C1C2C. The Morgan fingerprint density at radius 2 is 1.50 bits per heavy atom. The van der Waals surface area contributed by atoms with Crippen LogP contribution in [-0.2, 0) is 28.4 Å². The molecule has 21 atom stereocenters. The van der Waals surface area contributed by atoms with Crippen molar-refractivity contribution in [2.24, 2.45) is 46.3 Å². The maximum atomic E-state index is 11.4. The molecule has 4 aliphatic heterocycles. The lowest BCUT2D eigenvalue weighted by molar-refractivity contribution is -0.364. The second-order valence-electron chi connectivity index (χ2n) is 18.3. The van der Waals surface area contributed by atoms with Crippen LogP contribution in [0, 0.1) is 46.3 Å². The van der Waals surface area contributed by atoms with E-state index < -0.39 is 80.4 Å². The van der Waals surface area contributed by atoms with Gasteiger partial charge >= 0.3 is 0 Å². The monoisotopic (exact) mass is 738 g/mol. The summed E-state index contributed by atoms with van der Waals surface area (Å²) in [4.78, 5) is 0. The molecule has 0 radical (unpaired) electrons. The number of aliphatic hydroxyl groups is 7. The molecular formula is C39H62O13. The third-order valence-electron chi connectivity index (χ3n) is 15.6. The highest BCUT2D eigenvalue weighted by Crippen LogP contribution is 2.70. The summed E-state index contributed by atoms with van der Waals surface area (Å²) in [5, 5.41) is 72.9. The van der Waals surface area contributed by atoms with Gasteiger partial charge < -0.3 is 64.2 Å². The number of fused-ring (bicyclic) bond motifs is 7. The zero-order valence-corrected chi connectivity index (χ0v) is 31.0. The molecule has 8 aliphatic rings. The summed E-state index contributed by atoms with van der Waals surface area (Å²) in [6, 6.07) is 0. The van der Waals surface area contributed by atoms with Gasteiger partial charge in [-0.25, -0.2) is 0 Å². The minimum absolute atomic E-state index is 0.0444. The summed E-state index contributed by atoms with van der Waals surface area (Å²) in [5.41, 5.74) is 1.67. The molecule has 4 heterocycles. The summed E-state index contributed by atoms with van der Waals surface area (Å²) in [7, 11) is 0. The van der Waals surface area contributed by atoms with Crippen LogP contribution in [0.3, 0.4) is 0 Å². The molecule has 8 rings (SSSR count). The van der Waals surface area contributed by atoms with Crippen LogP contribution in [0.2, 0.25) is 0 Å². The van der Waals surface area contributed by atoms with E-state index in [2.05, 4.69) is 33.8 Å². The van der Waals surface area contributed by atoms with Gasteiger partial charge in [-0.15, -0.1) is 0 Å². The quantitative estimate of drug-likeness (QED) is 0.193. The van der Waals surface area contributed by atoms with Crippen LogP contribution in [0.5, 0.6) is 0 Å². The number of ether oxygens (including phenoxy) is 6. The Balaban J connectivity index is 0.938. The third kappa shape index (κ3) is 5.90. The van der Waals surface area contributed by atoms with Gasteiger partial charge in [-0.2, -0.15) is 0 Å². The van der Waals surface area contributed by atoms with E-state index in [1.807, 2.05) is 0 Å². The van der Waals surface area contributed by atoms with Crippen LogP contribution < -0.4 is 0 Å². The first-order chi connectivity index (χ1) is 24.7. The molecule has 18 unspecified atom stereocenters. The lowest BCUT2D eigenvalue weighted by atomic mass is 9.47. The average molecular weight is 739 g/mol. The van der Waals surface area contributed by atoms with E-state index in [4.69, 9.17) is 28.4 Å². The Bertz CT molecular complexity index is 1320. The standard InChI is InChI=1S/C39H62O13/c1-18-7-12-39(47-17-18)19(2)28-25(52-39)14-24-22-6-5-20-13-21(8-10-37(20,3)23(22)9-11-38(24,28)4)48-36-33(46)34(30(43)27(16-41)50-36)51-35-32(45)31(44)29(42)26(15-40)49-35/h5,18-19,21-36,40-46H,6-17H2,1-4H3/t18?,19?,21?,22?,23?,24?,25?,26?,27?,28?,29?,30?,31?,32?,33?,34?,35?,36?,37-,38-,39+/m0/s1. The number of rotatable bonds is 6. The van der Waals surface area contributed by atoms with E-state index >= 15 is 0 Å². The number of aliphatic hydroxyl groups excluding tert-OH is 7. The van der Waals surface area contributed by atoms with Gasteiger partial charge in [0.05, 0.1) is 32.0 Å². The molecule has 0 aromatic heterocycles. The highest BCUT2D eigenvalue weighted by Gasteiger charge is 2.68. The minimum Gasteiger partial charge on any atom is -0.394 e. The molecule has 0 bridgehead atoms. The Morgan fingerprint density at radius 1 is 0.788 bits per heavy atom. The Morgan fingerprint density at radius 3 is 2.19 bits per heavy atom. The average Bonchev–Trinajstić information content (AvgIpc) is 3.58. The summed E-state index contributed by atoms with van der Waals surface area (Å²) in [5.74, 6) is 2.88. The topological polar surface area (TPSA) is 197 Å². The maximum Gasteiger partial charge on any atom is 0.187 e. The smallest absolute Gasteiger partial charge is 0.187 e. The van der Waals surface area contributed by atoms with E-state index in [-0.39, 0.29) is 23.0 Å². The minimum atomic E-state index is -1.73. The lowest BCUT2D eigenvalue weighted by Crippen LogP contribution is -2.65. The van der Waals surface area contributed by atoms with Gasteiger partial charge in [-0.3, -0.25) is 0 Å². The third-order valence-corrected chi connectivity index (χ3v) is 15.6. The molecular weight excluding hydrogens is 676 g/mol. The van der Waals surface area contributed by atoms with Crippen molar-refractivity contribution in [3.63, 3.8) is 0 Å². The van der Waals surface area contributed by atoms with E-state index in [1.54, 1.807) is 0 Å². The Kier molecular flexibility index (Phi) is 10.3. The molecule has 296 valence electrons. The van der Waals surface area contributed by atoms with Crippen molar-refractivity contribution in [3.05, 3.63) is 11.6 Å². The molecule has 7 N–H and O–H groups in total. The first-order valence-electron chi connectivity index (χ1n) is 20.0. The zero-order chi connectivity index (χ0) is 36.9. The number of hydrogen-bond donors (Lipinski definition) is 7. The first kappa shape index (κ1) is 38.1. The van der Waals surface area contributed by atoms with Crippen LogP contribution in [0.25, 0.3) is 0 Å². The van der Waals surface area contributed by atoms with E-state index in [9.17, 15) is 35.7 Å². The number of hydrogen-bond acceptors (Lipinski definition) is 13. The van der Waals surface area contributed by atoms with E-state index in [0.717, 1.165) is 45.1 Å². The van der Waals surface area contributed by atoms with Crippen molar-refractivity contribution in [2.45, 2.75) is 165 Å². The highest BCUT2D eigenvalue weighted by atomic mass is 16.7. The predicted octanol–water partition coefficient (Wildman–Crippen LogP) is 1.36. The Labute approximate surface area is 306 Å². The predicted molar refractivity (Wildman–Crippen MR) is 183 cm³/mol. The van der Waals surface area contributed by atoms with Crippen LogP contribution in [0.4, 0.5) is 0 Å². The molecule has 1 spiro atoms. The van der Waals surface area contributed by atoms with Crippen LogP contribution in [-0.4, -0.2) is 135 Å². The van der Waals surface area contributed by atoms with Crippen LogP contribution in [0.15, 0.2) is 11.6 Å². The summed E-state index contributed by atoms with van der Waals surface area (Å²) in [6.45, 7) is 9.19. The number of allylic oxidation sites excluding steroid dienone is 1. The molecule has 0 aromatic carbocycles. The van der Waals surface area contributed by atoms with E-state index in [1.165, 1.54) is 18.4 Å². The van der Waals surface area contributed by atoms with Crippen molar-refractivity contribution in [1.29, 1.82) is 0 Å². The fourth-order valence-electron chi connectivity index (χ4n) is 12.6. The molecule has 13 heteroatoms.